The highest BCUT2D eigenvalue weighted by Crippen LogP contribution is 2.36. The zero-order chi connectivity index (χ0) is 12.9. The zero-order valence-corrected chi connectivity index (χ0v) is 12.1. The molecule has 2 nitrogen and oxygen atoms in total. The molecule has 0 aliphatic carbocycles. The van der Waals surface area contributed by atoms with E-state index in [2.05, 4.69) is 49.7 Å². The molecule has 0 radical (unpaired) electrons. The summed E-state index contributed by atoms with van der Waals surface area (Å²) in [6.07, 6.45) is 3.12. The Kier molecular flexibility index (Phi) is 5.50. The van der Waals surface area contributed by atoms with E-state index in [-0.39, 0.29) is 5.41 Å². The Hall–Kier alpha value is -0.510. The molecule has 0 bridgehead atoms. The SMILES string of the molecule is CNC(c1ccc(SC)cc1)C(C)(C)CCN. The van der Waals surface area contributed by atoms with Crippen molar-refractivity contribution >= 4 is 11.8 Å². The third-order valence-corrected chi connectivity index (χ3v) is 4.05. The molecule has 3 N–H and O–H groups in total. The van der Waals surface area contributed by atoms with Crippen LogP contribution < -0.4 is 11.1 Å². The summed E-state index contributed by atoms with van der Waals surface area (Å²) < 4.78 is 0. The van der Waals surface area contributed by atoms with Crippen LogP contribution in [0.3, 0.4) is 0 Å². The van der Waals surface area contributed by atoms with E-state index in [0.717, 1.165) is 13.0 Å². The van der Waals surface area contributed by atoms with Crippen molar-refractivity contribution in [2.24, 2.45) is 11.1 Å². The van der Waals surface area contributed by atoms with Crippen molar-refractivity contribution in [3.8, 4) is 0 Å². The first-order chi connectivity index (χ1) is 8.05. The Labute approximate surface area is 109 Å². The molecule has 0 aliphatic rings. The van der Waals surface area contributed by atoms with E-state index < -0.39 is 0 Å². The molecule has 0 heterocycles. The fourth-order valence-corrected chi connectivity index (χ4v) is 2.73. The smallest absolute Gasteiger partial charge is 0.0369 e. The second-order valence-electron chi connectivity index (χ2n) is 5.02. The van der Waals surface area contributed by atoms with Crippen molar-refractivity contribution in [3.05, 3.63) is 29.8 Å². The number of rotatable bonds is 6. The van der Waals surface area contributed by atoms with Crippen LogP contribution in [0.15, 0.2) is 29.2 Å². The summed E-state index contributed by atoms with van der Waals surface area (Å²) in [7, 11) is 2.02. The van der Waals surface area contributed by atoms with Gasteiger partial charge in [-0.1, -0.05) is 26.0 Å². The van der Waals surface area contributed by atoms with E-state index >= 15 is 0 Å². The highest BCUT2D eigenvalue weighted by Gasteiger charge is 2.28. The monoisotopic (exact) mass is 252 g/mol. The molecule has 0 spiro atoms. The number of benzene rings is 1. The van der Waals surface area contributed by atoms with Gasteiger partial charge in [-0.15, -0.1) is 11.8 Å². The summed E-state index contributed by atoms with van der Waals surface area (Å²) in [6, 6.07) is 9.14. The van der Waals surface area contributed by atoms with E-state index in [1.165, 1.54) is 10.5 Å². The van der Waals surface area contributed by atoms with Crippen molar-refractivity contribution in [2.45, 2.75) is 31.2 Å². The molecule has 1 aromatic carbocycles. The van der Waals surface area contributed by atoms with Gasteiger partial charge in [0, 0.05) is 10.9 Å². The quantitative estimate of drug-likeness (QED) is 0.764. The molecule has 0 saturated carbocycles. The molecule has 17 heavy (non-hydrogen) atoms. The first kappa shape index (κ1) is 14.6. The van der Waals surface area contributed by atoms with Gasteiger partial charge in [0.2, 0.25) is 0 Å². The zero-order valence-electron chi connectivity index (χ0n) is 11.3. The van der Waals surface area contributed by atoms with Crippen LogP contribution in [0.5, 0.6) is 0 Å². The molecule has 0 aliphatic heterocycles. The van der Waals surface area contributed by atoms with Crippen LogP contribution in [0.4, 0.5) is 0 Å². The van der Waals surface area contributed by atoms with Crippen molar-refractivity contribution in [3.63, 3.8) is 0 Å². The van der Waals surface area contributed by atoms with Gasteiger partial charge in [-0.05, 0) is 49.4 Å². The van der Waals surface area contributed by atoms with Crippen molar-refractivity contribution in [1.82, 2.24) is 5.32 Å². The minimum absolute atomic E-state index is 0.171. The third kappa shape index (κ3) is 3.73. The Morgan fingerprint density at radius 1 is 1.29 bits per heavy atom. The lowest BCUT2D eigenvalue weighted by Gasteiger charge is -2.34. The summed E-state index contributed by atoms with van der Waals surface area (Å²) in [5.41, 5.74) is 7.21. The molecular formula is C14H24N2S. The summed E-state index contributed by atoms with van der Waals surface area (Å²) in [6.45, 7) is 5.26. The van der Waals surface area contributed by atoms with Gasteiger partial charge in [0.1, 0.15) is 0 Å². The summed E-state index contributed by atoms with van der Waals surface area (Å²) in [5, 5.41) is 3.42. The van der Waals surface area contributed by atoms with Gasteiger partial charge >= 0.3 is 0 Å². The van der Waals surface area contributed by atoms with E-state index in [4.69, 9.17) is 5.73 Å². The fraction of sp³-hybridized carbons (Fsp3) is 0.571. The van der Waals surface area contributed by atoms with Crippen LogP contribution in [0.1, 0.15) is 31.9 Å². The summed E-state index contributed by atoms with van der Waals surface area (Å²) >= 11 is 1.77. The standard InChI is InChI=1S/C14H24N2S/c1-14(2,9-10-15)13(16-3)11-5-7-12(17-4)8-6-11/h5-8,13,16H,9-10,15H2,1-4H3. The largest absolute Gasteiger partial charge is 0.330 e. The Bertz CT molecular complexity index is 333. The van der Waals surface area contributed by atoms with Gasteiger partial charge in [0.25, 0.3) is 0 Å². The van der Waals surface area contributed by atoms with Gasteiger partial charge in [-0.25, -0.2) is 0 Å². The lowest BCUT2D eigenvalue weighted by molar-refractivity contribution is 0.239. The fourth-order valence-electron chi connectivity index (χ4n) is 2.32. The summed E-state index contributed by atoms with van der Waals surface area (Å²) in [5.74, 6) is 0. The van der Waals surface area contributed by atoms with E-state index in [1.807, 2.05) is 7.05 Å². The van der Waals surface area contributed by atoms with Gasteiger partial charge in [0.05, 0.1) is 0 Å². The molecule has 0 saturated heterocycles. The molecule has 3 heteroatoms. The van der Waals surface area contributed by atoms with Gasteiger partial charge in [-0.2, -0.15) is 0 Å². The van der Waals surface area contributed by atoms with Crippen LogP contribution in [0.2, 0.25) is 0 Å². The average Bonchev–Trinajstić information content (AvgIpc) is 2.30. The molecule has 0 fully saturated rings. The van der Waals surface area contributed by atoms with E-state index in [9.17, 15) is 0 Å². The van der Waals surface area contributed by atoms with Crippen molar-refractivity contribution in [1.29, 1.82) is 0 Å². The molecule has 1 unspecified atom stereocenters. The van der Waals surface area contributed by atoms with Gasteiger partial charge in [0.15, 0.2) is 0 Å². The Morgan fingerprint density at radius 2 is 1.88 bits per heavy atom. The predicted octanol–water partition coefficient (Wildman–Crippen LogP) is 3.04. The van der Waals surface area contributed by atoms with E-state index in [1.54, 1.807) is 11.8 Å². The highest BCUT2D eigenvalue weighted by molar-refractivity contribution is 7.98. The second-order valence-corrected chi connectivity index (χ2v) is 5.90. The number of nitrogens with one attached hydrogen (secondary N) is 1. The maximum absolute atomic E-state index is 5.70. The lowest BCUT2D eigenvalue weighted by atomic mass is 9.78. The van der Waals surface area contributed by atoms with Crippen molar-refractivity contribution < 1.29 is 0 Å². The van der Waals surface area contributed by atoms with Crippen LogP contribution in [0, 0.1) is 5.41 Å². The summed E-state index contributed by atoms with van der Waals surface area (Å²) in [4.78, 5) is 1.31. The van der Waals surface area contributed by atoms with E-state index in [0.29, 0.717) is 6.04 Å². The lowest BCUT2D eigenvalue weighted by Crippen LogP contribution is -2.33. The Balaban J connectivity index is 2.92. The molecular weight excluding hydrogens is 228 g/mol. The minimum Gasteiger partial charge on any atom is -0.330 e. The Morgan fingerprint density at radius 3 is 2.29 bits per heavy atom. The maximum atomic E-state index is 5.70. The predicted molar refractivity (Wildman–Crippen MR) is 77.5 cm³/mol. The second kappa shape index (κ2) is 6.43. The third-order valence-electron chi connectivity index (χ3n) is 3.31. The number of nitrogens with two attached hydrogens (primary N) is 1. The normalized spacial score (nSPS) is 13.7. The number of hydrogen-bond acceptors (Lipinski definition) is 3. The first-order valence-electron chi connectivity index (χ1n) is 6.06. The topological polar surface area (TPSA) is 38.0 Å². The molecule has 0 aromatic heterocycles. The van der Waals surface area contributed by atoms with Crippen LogP contribution in [-0.2, 0) is 0 Å². The molecule has 1 rings (SSSR count). The first-order valence-corrected chi connectivity index (χ1v) is 7.29. The highest BCUT2D eigenvalue weighted by atomic mass is 32.2. The molecule has 1 aromatic rings. The van der Waals surface area contributed by atoms with Gasteiger partial charge < -0.3 is 11.1 Å². The minimum atomic E-state index is 0.171. The molecule has 1 atom stereocenters. The molecule has 96 valence electrons. The number of hydrogen-bond donors (Lipinski definition) is 2. The average molecular weight is 252 g/mol. The van der Waals surface area contributed by atoms with Crippen LogP contribution >= 0.6 is 11.8 Å². The van der Waals surface area contributed by atoms with Gasteiger partial charge in [-0.3, -0.25) is 0 Å². The van der Waals surface area contributed by atoms with Crippen molar-refractivity contribution in [2.75, 3.05) is 19.8 Å². The van der Waals surface area contributed by atoms with Crippen LogP contribution in [-0.4, -0.2) is 19.8 Å². The molecule has 0 amide bonds. The number of thioether (sulfide) groups is 1. The van der Waals surface area contributed by atoms with Crippen LogP contribution in [0.25, 0.3) is 0 Å². The maximum Gasteiger partial charge on any atom is 0.0369 e.